The predicted octanol–water partition coefficient (Wildman–Crippen LogP) is 3.31. The first-order valence-corrected chi connectivity index (χ1v) is 8.58. The Kier molecular flexibility index (Phi) is 2.95. The van der Waals surface area contributed by atoms with Crippen LogP contribution in [0.1, 0.15) is 28.1 Å². The van der Waals surface area contributed by atoms with Gasteiger partial charge < -0.3 is 14.5 Å². The van der Waals surface area contributed by atoms with Crippen LogP contribution in [0.5, 0.6) is 0 Å². The fourth-order valence-electron chi connectivity index (χ4n) is 3.83. The van der Waals surface area contributed by atoms with Crippen LogP contribution in [0, 0.1) is 13.8 Å². The van der Waals surface area contributed by atoms with E-state index in [1.807, 2.05) is 49.1 Å². The number of aliphatic hydroxyl groups is 1. The summed E-state index contributed by atoms with van der Waals surface area (Å²) in [7, 11) is 0. The van der Waals surface area contributed by atoms with Crippen molar-refractivity contribution in [3.63, 3.8) is 0 Å². The van der Waals surface area contributed by atoms with Crippen molar-refractivity contribution < 1.29 is 14.4 Å². The zero-order chi connectivity index (χ0) is 18.1. The molecule has 1 fully saturated rings. The van der Waals surface area contributed by atoms with Crippen LogP contribution < -0.4 is 4.90 Å². The highest BCUT2D eigenvalue weighted by atomic mass is 16.5. The summed E-state index contributed by atoms with van der Waals surface area (Å²) in [4.78, 5) is 19.5. The van der Waals surface area contributed by atoms with E-state index in [0.717, 1.165) is 27.9 Å². The molecule has 3 aromatic rings. The number of rotatable bonds is 1. The van der Waals surface area contributed by atoms with Crippen molar-refractivity contribution in [3.8, 4) is 0 Å². The average Bonchev–Trinajstić information content (AvgIpc) is 3.17. The summed E-state index contributed by atoms with van der Waals surface area (Å²) in [6.07, 6.45) is 0.313. The zero-order valence-corrected chi connectivity index (χ0v) is 14.5. The first-order valence-electron chi connectivity index (χ1n) is 8.58. The van der Waals surface area contributed by atoms with Crippen molar-refractivity contribution >= 4 is 33.9 Å². The number of hydrogen-bond acceptors (Lipinski definition) is 6. The summed E-state index contributed by atoms with van der Waals surface area (Å²) in [5, 5.41) is 16.1. The fourth-order valence-corrected chi connectivity index (χ4v) is 3.83. The lowest BCUT2D eigenvalue weighted by Crippen LogP contribution is -2.48. The molecule has 1 atom stereocenters. The SMILES string of the molecule is Cc1ccc2c(c1)C(=O)C1(O)CCN(c3ccc4c(C)onc4c3)C1=N2. The number of aliphatic imine (C=N–C) groups is 1. The van der Waals surface area contributed by atoms with E-state index in [1.165, 1.54) is 0 Å². The standard InChI is InChI=1S/C20H17N3O3/c1-11-3-6-16-15(9-11)18(24)20(25)7-8-23(19(20)21-16)13-4-5-14-12(2)26-22-17(14)10-13/h3-6,9-10,25H,7-8H2,1-2H3. The van der Waals surface area contributed by atoms with Crippen molar-refractivity contribution in [2.24, 2.45) is 4.99 Å². The Labute approximate surface area is 149 Å². The largest absolute Gasteiger partial charge is 0.374 e. The highest BCUT2D eigenvalue weighted by Crippen LogP contribution is 2.40. The number of nitrogens with zero attached hydrogens (tertiary/aromatic N) is 3. The lowest BCUT2D eigenvalue weighted by Gasteiger charge is -2.29. The molecule has 6 heteroatoms. The van der Waals surface area contributed by atoms with Crippen LogP contribution in [0.3, 0.4) is 0 Å². The number of amidine groups is 1. The zero-order valence-electron chi connectivity index (χ0n) is 14.5. The van der Waals surface area contributed by atoms with Crippen molar-refractivity contribution in [2.45, 2.75) is 25.9 Å². The minimum Gasteiger partial charge on any atom is -0.374 e. The minimum absolute atomic E-state index is 0.276. The molecule has 3 heterocycles. The molecule has 0 aliphatic carbocycles. The van der Waals surface area contributed by atoms with E-state index >= 15 is 0 Å². The Morgan fingerprint density at radius 2 is 2.04 bits per heavy atom. The molecule has 26 heavy (non-hydrogen) atoms. The van der Waals surface area contributed by atoms with Crippen LogP contribution in [0.25, 0.3) is 10.9 Å². The first kappa shape index (κ1) is 15.3. The average molecular weight is 347 g/mol. The van der Waals surface area contributed by atoms with Gasteiger partial charge in [-0.2, -0.15) is 0 Å². The third-order valence-corrected chi connectivity index (χ3v) is 5.27. The Morgan fingerprint density at radius 3 is 2.88 bits per heavy atom. The quantitative estimate of drug-likeness (QED) is 0.730. The molecule has 5 rings (SSSR count). The van der Waals surface area contributed by atoms with Gasteiger partial charge in [0.1, 0.15) is 17.1 Å². The van der Waals surface area contributed by atoms with E-state index in [4.69, 9.17) is 4.52 Å². The second-order valence-corrected chi connectivity index (χ2v) is 6.99. The molecular formula is C20H17N3O3. The van der Waals surface area contributed by atoms with E-state index in [1.54, 1.807) is 6.07 Å². The summed E-state index contributed by atoms with van der Waals surface area (Å²) in [5.74, 6) is 0.874. The predicted molar refractivity (Wildman–Crippen MR) is 98.3 cm³/mol. The normalized spacial score (nSPS) is 21.7. The number of anilines is 1. The number of fused-ring (bicyclic) bond motifs is 3. The molecule has 2 aliphatic heterocycles. The molecule has 6 nitrogen and oxygen atoms in total. The third-order valence-electron chi connectivity index (χ3n) is 5.27. The molecule has 0 bridgehead atoms. The Morgan fingerprint density at radius 1 is 1.19 bits per heavy atom. The summed E-state index contributed by atoms with van der Waals surface area (Å²) in [6, 6.07) is 11.3. The van der Waals surface area contributed by atoms with Gasteiger partial charge in [0.15, 0.2) is 5.60 Å². The van der Waals surface area contributed by atoms with Crippen LogP contribution in [0.4, 0.5) is 11.4 Å². The van der Waals surface area contributed by atoms with E-state index in [9.17, 15) is 9.90 Å². The summed E-state index contributed by atoms with van der Waals surface area (Å²) < 4.78 is 5.23. The highest BCUT2D eigenvalue weighted by Gasteiger charge is 2.52. The summed E-state index contributed by atoms with van der Waals surface area (Å²) >= 11 is 0. The molecular weight excluding hydrogens is 330 g/mol. The number of carbonyl (C=O) groups is 1. The van der Waals surface area contributed by atoms with Crippen LogP contribution >= 0.6 is 0 Å². The van der Waals surface area contributed by atoms with Gasteiger partial charge in [-0.3, -0.25) is 4.79 Å². The maximum Gasteiger partial charge on any atom is 0.204 e. The number of Topliss-reactive ketones (excluding diaryl/α,β-unsaturated/α-hetero) is 1. The van der Waals surface area contributed by atoms with Crippen molar-refractivity contribution in [3.05, 3.63) is 53.3 Å². The smallest absolute Gasteiger partial charge is 0.204 e. The molecule has 1 N–H and O–H groups in total. The molecule has 0 radical (unpaired) electrons. The number of hydrogen-bond donors (Lipinski definition) is 1. The molecule has 0 saturated carbocycles. The number of aromatic nitrogens is 1. The molecule has 2 aliphatic rings. The molecule has 0 amide bonds. The van der Waals surface area contributed by atoms with Crippen LogP contribution in [0.2, 0.25) is 0 Å². The second-order valence-electron chi connectivity index (χ2n) is 6.99. The molecule has 1 aromatic heterocycles. The van der Waals surface area contributed by atoms with E-state index in [2.05, 4.69) is 10.1 Å². The van der Waals surface area contributed by atoms with Gasteiger partial charge in [-0.05, 0) is 44.2 Å². The number of aryl methyl sites for hydroxylation is 2. The minimum atomic E-state index is -1.57. The third kappa shape index (κ3) is 1.93. The fraction of sp³-hybridized carbons (Fsp3) is 0.250. The van der Waals surface area contributed by atoms with Crippen LogP contribution in [0.15, 0.2) is 45.9 Å². The number of carbonyl (C=O) groups excluding carboxylic acids is 1. The second kappa shape index (κ2) is 5.02. The molecule has 0 spiro atoms. The Balaban J connectivity index is 1.65. The van der Waals surface area contributed by atoms with Gasteiger partial charge in [0.25, 0.3) is 0 Å². The molecule has 1 unspecified atom stereocenters. The van der Waals surface area contributed by atoms with Crippen molar-refractivity contribution in [2.75, 3.05) is 11.4 Å². The number of benzene rings is 2. The van der Waals surface area contributed by atoms with Gasteiger partial charge in [-0.15, -0.1) is 0 Å². The maximum atomic E-state index is 13.0. The Hall–Kier alpha value is -2.99. The van der Waals surface area contributed by atoms with Crippen molar-refractivity contribution in [1.82, 2.24) is 5.16 Å². The summed E-state index contributed by atoms with van der Waals surface area (Å²) in [5.41, 5.74) is 2.07. The topological polar surface area (TPSA) is 78.9 Å². The van der Waals surface area contributed by atoms with Gasteiger partial charge in [0, 0.05) is 29.6 Å². The van der Waals surface area contributed by atoms with Crippen LogP contribution in [-0.4, -0.2) is 34.0 Å². The maximum absolute atomic E-state index is 13.0. The molecule has 2 aromatic carbocycles. The highest BCUT2D eigenvalue weighted by molar-refractivity contribution is 6.28. The van der Waals surface area contributed by atoms with E-state index < -0.39 is 5.60 Å². The molecule has 130 valence electrons. The lowest BCUT2D eigenvalue weighted by molar-refractivity contribution is 0.0602. The molecule has 1 saturated heterocycles. The van der Waals surface area contributed by atoms with Gasteiger partial charge in [-0.1, -0.05) is 16.8 Å². The van der Waals surface area contributed by atoms with Gasteiger partial charge in [-0.25, -0.2) is 4.99 Å². The van der Waals surface area contributed by atoms with Gasteiger partial charge in [0.2, 0.25) is 5.78 Å². The number of ketones is 1. The monoisotopic (exact) mass is 347 g/mol. The van der Waals surface area contributed by atoms with Crippen LogP contribution in [-0.2, 0) is 0 Å². The summed E-state index contributed by atoms with van der Waals surface area (Å²) in [6.45, 7) is 4.30. The van der Waals surface area contributed by atoms with Gasteiger partial charge >= 0.3 is 0 Å². The Bertz CT molecular complexity index is 1110. The lowest BCUT2D eigenvalue weighted by atomic mass is 9.87. The van der Waals surface area contributed by atoms with E-state index in [-0.39, 0.29) is 5.78 Å². The van der Waals surface area contributed by atoms with Gasteiger partial charge in [0.05, 0.1) is 5.69 Å². The van der Waals surface area contributed by atoms with Crippen molar-refractivity contribution in [1.29, 1.82) is 0 Å². The first-order chi connectivity index (χ1) is 12.5. The van der Waals surface area contributed by atoms with E-state index in [0.29, 0.717) is 30.1 Å².